The molecular weight excluding hydrogens is 296 g/mol. The van der Waals surface area contributed by atoms with Gasteiger partial charge in [0.1, 0.15) is 0 Å². The van der Waals surface area contributed by atoms with E-state index in [2.05, 4.69) is 28.6 Å². The Morgan fingerprint density at radius 2 is 2.41 bits per heavy atom. The van der Waals surface area contributed by atoms with E-state index in [-0.39, 0.29) is 17.5 Å². The lowest BCUT2D eigenvalue weighted by Crippen LogP contribution is -2.35. The molecule has 1 amide bonds. The number of nitrogens with two attached hydrogens (primary N) is 1. The van der Waals surface area contributed by atoms with Gasteiger partial charge in [0.15, 0.2) is 5.17 Å². The Morgan fingerprint density at radius 1 is 1.55 bits per heavy atom. The molecule has 1 aromatic rings. The number of nitrogens with zero attached hydrogens (tertiary/aromatic N) is 1. The third-order valence-electron chi connectivity index (χ3n) is 4.32. The summed E-state index contributed by atoms with van der Waals surface area (Å²) in [4.78, 5) is 16.8. The number of benzene rings is 1. The summed E-state index contributed by atoms with van der Waals surface area (Å²) in [6, 6.07) is 7.88. The molecule has 1 fully saturated rings. The van der Waals surface area contributed by atoms with E-state index >= 15 is 0 Å². The monoisotopic (exact) mass is 318 g/mol. The van der Waals surface area contributed by atoms with Crippen LogP contribution in [-0.4, -0.2) is 29.4 Å². The molecule has 0 spiro atoms. The fourth-order valence-corrected chi connectivity index (χ4v) is 3.94. The Balaban J connectivity index is 1.77. The van der Waals surface area contributed by atoms with Crippen molar-refractivity contribution in [3.8, 4) is 0 Å². The maximum atomic E-state index is 12.2. The van der Waals surface area contributed by atoms with E-state index < -0.39 is 0 Å². The van der Waals surface area contributed by atoms with Gasteiger partial charge < -0.3 is 16.4 Å². The van der Waals surface area contributed by atoms with Crippen molar-refractivity contribution in [2.24, 2.45) is 10.7 Å². The van der Waals surface area contributed by atoms with Crippen LogP contribution in [0.25, 0.3) is 0 Å². The van der Waals surface area contributed by atoms with E-state index in [1.165, 1.54) is 0 Å². The van der Waals surface area contributed by atoms with Crippen LogP contribution >= 0.6 is 11.8 Å². The van der Waals surface area contributed by atoms with Gasteiger partial charge in [-0.05, 0) is 50.4 Å². The summed E-state index contributed by atoms with van der Waals surface area (Å²) in [5, 5.41) is 6.86. The lowest BCUT2D eigenvalue weighted by molar-refractivity contribution is -0.117. The number of rotatable bonds is 3. The first-order valence-corrected chi connectivity index (χ1v) is 8.68. The molecule has 2 aliphatic rings. The van der Waals surface area contributed by atoms with Crippen molar-refractivity contribution in [3.63, 3.8) is 0 Å². The quantitative estimate of drug-likeness (QED) is 0.797. The summed E-state index contributed by atoms with van der Waals surface area (Å²) in [7, 11) is 0. The minimum atomic E-state index is -0.304. The zero-order chi connectivity index (χ0) is 15.6. The molecule has 4 N–H and O–H groups in total. The van der Waals surface area contributed by atoms with Crippen LogP contribution in [0.4, 0.5) is 5.69 Å². The number of nitrogens with one attached hydrogen (secondary N) is 2. The first kappa shape index (κ1) is 15.4. The third-order valence-corrected chi connectivity index (χ3v) is 5.12. The van der Waals surface area contributed by atoms with Crippen molar-refractivity contribution in [2.45, 2.75) is 37.8 Å². The van der Waals surface area contributed by atoms with Crippen LogP contribution in [0.1, 0.15) is 31.7 Å². The smallest absolute Gasteiger partial charge is 0.241 e. The lowest BCUT2D eigenvalue weighted by Gasteiger charge is -2.30. The molecule has 0 aromatic heterocycles. The number of carbonyl (C=O) groups excluding carboxylic acids is 1. The average Bonchev–Trinajstić information content (AvgIpc) is 3.01. The van der Waals surface area contributed by atoms with E-state index in [9.17, 15) is 4.79 Å². The molecule has 6 heteroatoms. The van der Waals surface area contributed by atoms with Crippen molar-refractivity contribution in [3.05, 3.63) is 29.8 Å². The Bertz CT molecular complexity index is 598. The van der Waals surface area contributed by atoms with E-state index in [1.807, 2.05) is 18.2 Å². The summed E-state index contributed by atoms with van der Waals surface area (Å²) in [6.07, 6.45) is 2.91. The second kappa shape index (κ2) is 6.30. The van der Waals surface area contributed by atoms with Gasteiger partial charge in [0, 0.05) is 11.4 Å². The van der Waals surface area contributed by atoms with E-state index in [0.29, 0.717) is 5.17 Å². The van der Waals surface area contributed by atoms with E-state index in [0.717, 1.165) is 42.8 Å². The van der Waals surface area contributed by atoms with Crippen molar-refractivity contribution >= 4 is 28.5 Å². The van der Waals surface area contributed by atoms with Gasteiger partial charge in [0.25, 0.3) is 0 Å². The minimum absolute atomic E-state index is 0.0435. The topological polar surface area (TPSA) is 79.5 Å². The molecule has 0 bridgehead atoms. The molecule has 0 radical (unpaired) electrons. The van der Waals surface area contributed by atoms with E-state index in [4.69, 9.17) is 5.73 Å². The predicted octanol–water partition coefficient (Wildman–Crippen LogP) is 2.04. The van der Waals surface area contributed by atoms with Crippen LogP contribution in [0.2, 0.25) is 0 Å². The number of thioether (sulfide) groups is 1. The predicted molar refractivity (Wildman–Crippen MR) is 92.1 cm³/mol. The Hall–Kier alpha value is -1.53. The molecule has 22 heavy (non-hydrogen) atoms. The highest BCUT2D eigenvalue weighted by atomic mass is 32.2. The number of hydrogen-bond donors (Lipinski definition) is 3. The number of amidine groups is 1. The molecule has 2 aliphatic heterocycles. The summed E-state index contributed by atoms with van der Waals surface area (Å²) in [5.74, 6) is 1.01. The van der Waals surface area contributed by atoms with Gasteiger partial charge in [-0.25, -0.2) is 0 Å². The number of hydrogen-bond acceptors (Lipinski definition) is 5. The fraction of sp³-hybridized carbons (Fsp3) is 0.500. The van der Waals surface area contributed by atoms with Crippen molar-refractivity contribution < 1.29 is 4.79 Å². The summed E-state index contributed by atoms with van der Waals surface area (Å²) in [5.41, 5.74) is 7.49. The second-order valence-corrected chi connectivity index (χ2v) is 7.16. The summed E-state index contributed by atoms with van der Waals surface area (Å²) < 4.78 is 0. The van der Waals surface area contributed by atoms with Gasteiger partial charge in [0.05, 0.1) is 11.6 Å². The van der Waals surface area contributed by atoms with E-state index in [1.54, 1.807) is 11.8 Å². The Morgan fingerprint density at radius 3 is 3.14 bits per heavy atom. The minimum Gasteiger partial charge on any atom is -0.379 e. The van der Waals surface area contributed by atoms with Gasteiger partial charge in [-0.15, -0.1) is 0 Å². The van der Waals surface area contributed by atoms with Crippen LogP contribution in [0.15, 0.2) is 29.3 Å². The largest absolute Gasteiger partial charge is 0.379 e. The first-order valence-electron chi connectivity index (χ1n) is 7.70. The van der Waals surface area contributed by atoms with Crippen LogP contribution in [0.5, 0.6) is 0 Å². The van der Waals surface area contributed by atoms with Crippen LogP contribution in [0, 0.1) is 0 Å². The van der Waals surface area contributed by atoms with Crippen molar-refractivity contribution in [1.29, 1.82) is 0 Å². The molecule has 2 atom stereocenters. The molecule has 2 heterocycles. The van der Waals surface area contributed by atoms with Crippen LogP contribution in [0.3, 0.4) is 0 Å². The van der Waals surface area contributed by atoms with Crippen molar-refractivity contribution in [1.82, 2.24) is 5.32 Å². The number of anilines is 1. The standard InChI is InChI=1S/C16H22N4OS/c1-16(7-9-22-15(17)20-16)11-4-2-5-12(10-11)19-14(21)13-6-3-8-18-13/h2,4-5,10,13,18H,3,6-9H2,1H3,(H2,17,20)(H,19,21)/t13-,16-/m0/s1. The van der Waals surface area contributed by atoms with Gasteiger partial charge in [-0.1, -0.05) is 23.9 Å². The van der Waals surface area contributed by atoms with Crippen LogP contribution < -0.4 is 16.4 Å². The third kappa shape index (κ3) is 3.28. The molecule has 118 valence electrons. The van der Waals surface area contributed by atoms with Gasteiger partial charge in [0.2, 0.25) is 5.91 Å². The Kier molecular flexibility index (Phi) is 4.40. The molecule has 0 saturated carbocycles. The molecule has 0 unspecified atom stereocenters. The number of aliphatic imine (C=N–C) groups is 1. The molecule has 5 nitrogen and oxygen atoms in total. The summed E-state index contributed by atoms with van der Waals surface area (Å²) in [6.45, 7) is 3.01. The number of amides is 1. The average molecular weight is 318 g/mol. The van der Waals surface area contributed by atoms with Crippen molar-refractivity contribution in [2.75, 3.05) is 17.6 Å². The molecule has 0 aliphatic carbocycles. The highest BCUT2D eigenvalue weighted by Crippen LogP contribution is 2.35. The molecular formula is C16H22N4OS. The highest BCUT2D eigenvalue weighted by Gasteiger charge is 2.30. The molecule has 1 aromatic carbocycles. The lowest BCUT2D eigenvalue weighted by atomic mass is 9.89. The summed E-state index contributed by atoms with van der Waals surface area (Å²) >= 11 is 1.60. The second-order valence-electron chi connectivity index (χ2n) is 6.04. The Labute approximate surface area is 135 Å². The van der Waals surface area contributed by atoms with Gasteiger partial charge in [-0.2, -0.15) is 0 Å². The highest BCUT2D eigenvalue weighted by molar-refractivity contribution is 8.13. The van der Waals surface area contributed by atoms with Crippen LogP contribution in [-0.2, 0) is 10.3 Å². The molecule has 1 saturated heterocycles. The number of carbonyl (C=O) groups is 1. The maximum Gasteiger partial charge on any atom is 0.241 e. The normalized spacial score (nSPS) is 28.2. The maximum absolute atomic E-state index is 12.2. The van der Waals surface area contributed by atoms with Gasteiger partial charge in [-0.3, -0.25) is 9.79 Å². The zero-order valence-corrected chi connectivity index (χ0v) is 13.6. The fourth-order valence-electron chi connectivity index (χ4n) is 2.96. The zero-order valence-electron chi connectivity index (χ0n) is 12.8. The SMILES string of the molecule is C[C@@]1(c2cccc(NC(=O)[C@@H]3CCCN3)c2)CCSC(N)=N1. The first-order chi connectivity index (χ1) is 10.6. The van der Waals surface area contributed by atoms with Gasteiger partial charge >= 0.3 is 0 Å². The molecule has 3 rings (SSSR count).